The minimum absolute atomic E-state index is 0.0951. The largest absolute Gasteiger partial charge is 0.350 e. The molecule has 6 heteroatoms. The van der Waals surface area contributed by atoms with E-state index in [2.05, 4.69) is 26.6 Å². The molecule has 4 aromatic rings. The molecule has 0 aliphatic carbocycles. The Morgan fingerprint density at radius 3 is 2.62 bits per heavy atom. The Balaban J connectivity index is 1.66. The standard InChI is InChI=1S/C23H22N4OS/c1-27(2)21(22-8-5-13-29-22)15-25-23(28)18-14-20(16-9-11-24-12-10-16)26-19-7-4-3-6-17(18)19/h3-14,21H,15H2,1-2H3,(H,25,28)/t21-/m0/s1. The number of carbonyl (C=O) groups is 1. The van der Waals surface area contributed by atoms with Gasteiger partial charge in [-0.2, -0.15) is 0 Å². The first-order chi connectivity index (χ1) is 14.1. The lowest BCUT2D eigenvalue weighted by Crippen LogP contribution is -2.34. The third kappa shape index (κ3) is 4.18. The number of likely N-dealkylation sites (N-methyl/N-ethyl adjacent to an activating group) is 1. The lowest BCUT2D eigenvalue weighted by atomic mass is 10.0. The maximum Gasteiger partial charge on any atom is 0.252 e. The molecule has 1 N–H and O–H groups in total. The van der Waals surface area contributed by atoms with Gasteiger partial charge in [-0.05, 0) is 49.8 Å². The third-order valence-electron chi connectivity index (χ3n) is 4.89. The number of carbonyl (C=O) groups excluding carboxylic acids is 1. The molecule has 1 atom stereocenters. The third-order valence-corrected chi connectivity index (χ3v) is 5.86. The predicted molar refractivity (Wildman–Crippen MR) is 118 cm³/mol. The minimum Gasteiger partial charge on any atom is -0.350 e. The number of hydrogen-bond donors (Lipinski definition) is 1. The number of fused-ring (bicyclic) bond motifs is 1. The summed E-state index contributed by atoms with van der Waals surface area (Å²) in [5.74, 6) is -0.0951. The molecule has 4 rings (SSSR count). The topological polar surface area (TPSA) is 58.1 Å². The smallest absolute Gasteiger partial charge is 0.252 e. The minimum atomic E-state index is -0.0951. The van der Waals surface area contributed by atoms with E-state index in [9.17, 15) is 4.79 Å². The summed E-state index contributed by atoms with van der Waals surface area (Å²) < 4.78 is 0. The van der Waals surface area contributed by atoms with Crippen LogP contribution in [-0.2, 0) is 0 Å². The van der Waals surface area contributed by atoms with Gasteiger partial charge in [-0.15, -0.1) is 11.3 Å². The van der Waals surface area contributed by atoms with Crippen molar-refractivity contribution in [3.63, 3.8) is 0 Å². The molecule has 0 aliphatic heterocycles. The summed E-state index contributed by atoms with van der Waals surface area (Å²) in [6.07, 6.45) is 3.46. The highest BCUT2D eigenvalue weighted by molar-refractivity contribution is 7.10. The highest BCUT2D eigenvalue weighted by Crippen LogP contribution is 2.26. The molecule has 3 aromatic heterocycles. The number of nitrogens with zero attached hydrogens (tertiary/aromatic N) is 3. The molecule has 146 valence electrons. The van der Waals surface area contributed by atoms with Gasteiger partial charge in [0.25, 0.3) is 5.91 Å². The van der Waals surface area contributed by atoms with Gasteiger partial charge in [0.2, 0.25) is 0 Å². The van der Waals surface area contributed by atoms with Crippen LogP contribution in [0.1, 0.15) is 21.3 Å². The van der Waals surface area contributed by atoms with Crippen LogP contribution >= 0.6 is 11.3 Å². The molecule has 0 saturated carbocycles. The van der Waals surface area contributed by atoms with Crippen molar-refractivity contribution in [2.45, 2.75) is 6.04 Å². The summed E-state index contributed by atoms with van der Waals surface area (Å²) >= 11 is 1.70. The zero-order valence-electron chi connectivity index (χ0n) is 16.4. The van der Waals surface area contributed by atoms with Crippen LogP contribution in [0.5, 0.6) is 0 Å². The van der Waals surface area contributed by atoms with Crippen molar-refractivity contribution in [2.24, 2.45) is 0 Å². The molecule has 0 aliphatic rings. The average Bonchev–Trinajstić information content (AvgIpc) is 3.28. The molecule has 1 aromatic carbocycles. The summed E-state index contributed by atoms with van der Waals surface area (Å²) in [4.78, 5) is 25.3. The van der Waals surface area contributed by atoms with Gasteiger partial charge in [0.15, 0.2) is 0 Å². The first kappa shape index (κ1) is 19.2. The fraction of sp³-hybridized carbons (Fsp3) is 0.174. The zero-order chi connectivity index (χ0) is 20.2. The maximum atomic E-state index is 13.2. The first-order valence-corrected chi connectivity index (χ1v) is 10.3. The van der Waals surface area contributed by atoms with Crippen molar-refractivity contribution in [3.05, 3.63) is 82.8 Å². The molecule has 1 amide bonds. The summed E-state index contributed by atoms with van der Waals surface area (Å²) in [5.41, 5.74) is 3.13. The van der Waals surface area contributed by atoms with Crippen LogP contribution in [-0.4, -0.2) is 41.4 Å². The number of hydrogen-bond acceptors (Lipinski definition) is 5. The summed E-state index contributed by atoms with van der Waals surface area (Å²) in [5, 5.41) is 6.03. The molecule has 29 heavy (non-hydrogen) atoms. The van der Waals surface area contributed by atoms with Crippen molar-refractivity contribution in [1.29, 1.82) is 0 Å². The van der Waals surface area contributed by atoms with E-state index in [4.69, 9.17) is 4.98 Å². The van der Waals surface area contributed by atoms with Gasteiger partial charge >= 0.3 is 0 Å². The number of benzene rings is 1. The molecule has 0 radical (unpaired) electrons. The number of thiophene rings is 1. The Hall–Kier alpha value is -3.09. The van der Waals surface area contributed by atoms with E-state index in [1.54, 1.807) is 23.7 Å². The van der Waals surface area contributed by atoms with E-state index in [1.807, 2.05) is 62.6 Å². The van der Waals surface area contributed by atoms with E-state index in [0.717, 1.165) is 22.2 Å². The van der Waals surface area contributed by atoms with Crippen molar-refractivity contribution < 1.29 is 4.79 Å². The van der Waals surface area contributed by atoms with Gasteiger partial charge in [0, 0.05) is 34.8 Å². The second kappa shape index (κ2) is 8.51. The van der Waals surface area contributed by atoms with E-state index < -0.39 is 0 Å². The van der Waals surface area contributed by atoms with Crippen LogP contribution in [0.3, 0.4) is 0 Å². The lowest BCUT2D eigenvalue weighted by Gasteiger charge is -2.23. The normalized spacial score (nSPS) is 12.2. The number of para-hydroxylation sites is 1. The van der Waals surface area contributed by atoms with E-state index in [-0.39, 0.29) is 11.9 Å². The summed E-state index contributed by atoms with van der Waals surface area (Å²) in [6.45, 7) is 0.535. The van der Waals surface area contributed by atoms with Crippen LogP contribution in [0.4, 0.5) is 0 Å². The fourth-order valence-electron chi connectivity index (χ4n) is 3.34. The Kier molecular flexibility index (Phi) is 5.64. The van der Waals surface area contributed by atoms with Crippen molar-refractivity contribution in [1.82, 2.24) is 20.2 Å². The highest BCUT2D eigenvalue weighted by Gasteiger charge is 2.19. The molecule has 3 heterocycles. The van der Waals surface area contributed by atoms with Crippen LogP contribution < -0.4 is 5.32 Å². The predicted octanol–water partition coefficient (Wildman–Crippen LogP) is 4.39. The monoisotopic (exact) mass is 402 g/mol. The molecular formula is C23H22N4OS. The number of rotatable bonds is 6. The summed E-state index contributed by atoms with van der Waals surface area (Å²) in [7, 11) is 4.06. The molecule has 0 saturated heterocycles. The second-order valence-corrected chi connectivity index (χ2v) is 7.99. The number of aromatic nitrogens is 2. The molecule has 0 bridgehead atoms. The van der Waals surface area contributed by atoms with Crippen LogP contribution in [0.2, 0.25) is 0 Å². The lowest BCUT2D eigenvalue weighted by molar-refractivity contribution is 0.0944. The number of nitrogens with one attached hydrogen (secondary N) is 1. The van der Waals surface area contributed by atoms with Gasteiger partial charge < -0.3 is 10.2 Å². The van der Waals surface area contributed by atoms with Gasteiger partial charge in [-0.1, -0.05) is 24.3 Å². The molecule has 0 spiro atoms. The Bertz CT molecular complexity index is 1110. The molecule has 0 unspecified atom stereocenters. The number of pyridine rings is 2. The van der Waals surface area contributed by atoms with Gasteiger partial charge in [0.1, 0.15) is 0 Å². The quantitative estimate of drug-likeness (QED) is 0.520. The zero-order valence-corrected chi connectivity index (χ0v) is 17.2. The molecule has 0 fully saturated rings. The fourth-order valence-corrected chi connectivity index (χ4v) is 4.26. The van der Waals surface area contributed by atoms with Crippen molar-refractivity contribution >= 4 is 28.1 Å². The van der Waals surface area contributed by atoms with Crippen molar-refractivity contribution in [2.75, 3.05) is 20.6 Å². The number of amides is 1. The Labute approximate surface area is 174 Å². The van der Waals surface area contributed by atoms with Crippen LogP contribution in [0.25, 0.3) is 22.2 Å². The van der Waals surface area contributed by atoms with Gasteiger partial charge in [0.05, 0.1) is 22.8 Å². The SMILES string of the molecule is CN(C)[C@@H](CNC(=O)c1cc(-c2ccncc2)nc2ccccc12)c1cccs1. The summed E-state index contributed by atoms with van der Waals surface area (Å²) in [6, 6.07) is 17.7. The van der Waals surface area contributed by atoms with E-state index in [1.165, 1.54) is 4.88 Å². The van der Waals surface area contributed by atoms with Gasteiger partial charge in [-0.25, -0.2) is 4.98 Å². The van der Waals surface area contributed by atoms with Crippen LogP contribution in [0.15, 0.2) is 72.4 Å². The Morgan fingerprint density at radius 2 is 1.90 bits per heavy atom. The van der Waals surface area contributed by atoms with E-state index in [0.29, 0.717) is 12.1 Å². The van der Waals surface area contributed by atoms with Crippen molar-refractivity contribution in [3.8, 4) is 11.3 Å². The van der Waals surface area contributed by atoms with Crippen LogP contribution in [0, 0.1) is 0 Å². The van der Waals surface area contributed by atoms with Gasteiger partial charge in [-0.3, -0.25) is 9.78 Å². The molecular weight excluding hydrogens is 380 g/mol. The maximum absolute atomic E-state index is 13.2. The average molecular weight is 403 g/mol. The first-order valence-electron chi connectivity index (χ1n) is 9.41. The highest BCUT2D eigenvalue weighted by atomic mass is 32.1. The second-order valence-electron chi connectivity index (χ2n) is 7.01. The molecule has 5 nitrogen and oxygen atoms in total. The Morgan fingerprint density at radius 1 is 1.10 bits per heavy atom. The van der Waals surface area contributed by atoms with E-state index >= 15 is 0 Å².